The molecular formula is C18H20Br2N4OP+. The molecule has 8 heteroatoms. The summed E-state index contributed by atoms with van der Waals surface area (Å²) >= 11 is 6.89. The van der Waals surface area contributed by atoms with E-state index in [4.69, 9.17) is 0 Å². The molecule has 0 saturated heterocycles. The number of rotatable bonds is 8. The maximum Gasteiger partial charge on any atom is 0.624 e. The van der Waals surface area contributed by atoms with Crippen LogP contribution in [0.1, 0.15) is 25.0 Å². The van der Waals surface area contributed by atoms with Crippen molar-refractivity contribution in [1.82, 2.24) is 10.4 Å². The Balaban J connectivity index is 1.81. The molecule has 0 saturated carbocycles. The van der Waals surface area contributed by atoms with Crippen molar-refractivity contribution >= 4 is 51.4 Å². The molecule has 0 unspecified atom stereocenters. The topological polar surface area (TPSA) is 65.8 Å². The zero-order valence-electron chi connectivity index (χ0n) is 14.5. The second kappa shape index (κ2) is 10.6. The molecular weight excluding hydrogens is 479 g/mol. The van der Waals surface area contributed by atoms with Crippen LogP contribution >= 0.6 is 40.0 Å². The molecule has 0 amide bonds. The van der Waals surface area contributed by atoms with E-state index in [2.05, 4.69) is 52.5 Å². The van der Waals surface area contributed by atoms with Gasteiger partial charge in [-0.1, -0.05) is 66.5 Å². The van der Waals surface area contributed by atoms with Gasteiger partial charge in [-0.05, 0) is 53.8 Å². The van der Waals surface area contributed by atoms with Crippen molar-refractivity contribution in [2.45, 2.75) is 26.7 Å². The number of hydrazone groups is 2. The number of hydrogen-bond acceptors (Lipinski definition) is 3. The average Bonchev–Trinajstić information content (AvgIpc) is 2.58. The first kappa shape index (κ1) is 20.7. The Morgan fingerprint density at radius 1 is 0.885 bits per heavy atom. The highest BCUT2D eigenvalue weighted by molar-refractivity contribution is 9.10. The molecule has 0 atom stereocenters. The van der Waals surface area contributed by atoms with Crippen LogP contribution in [0.5, 0.6) is 0 Å². The zero-order valence-corrected chi connectivity index (χ0v) is 18.6. The van der Waals surface area contributed by atoms with Gasteiger partial charge >= 0.3 is 8.10 Å². The van der Waals surface area contributed by atoms with E-state index in [1.807, 2.05) is 62.4 Å². The highest BCUT2D eigenvalue weighted by Gasteiger charge is 2.13. The van der Waals surface area contributed by atoms with Gasteiger partial charge in [0.15, 0.2) is 0 Å². The minimum atomic E-state index is -1.95. The van der Waals surface area contributed by atoms with Gasteiger partial charge in [0, 0.05) is 33.2 Å². The summed E-state index contributed by atoms with van der Waals surface area (Å²) in [5.74, 6) is 0. The molecule has 26 heavy (non-hydrogen) atoms. The van der Waals surface area contributed by atoms with Crippen LogP contribution in [0, 0.1) is 0 Å². The van der Waals surface area contributed by atoms with Gasteiger partial charge in [-0.3, -0.25) is 0 Å². The summed E-state index contributed by atoms with van der Waals surface area (Å²) in [4.78, 5) is 0. The minimum absolute atomic E-state index is 0.681. The molecule has 136 valence electrons. The van der Waals surface area contributed by atoms with Crippen molar-refractivity contribution in [3.8, 4) is 0 Å². The molecule has 0 bridgehead atoms. The molecule has 0 fully saturated rings. The first-order valence-electron chi connectivity index (χ1n) is 7.96. The van der Waals surface area contributed by atoms with Crippen LogP contribution in [0.2, 0.25) is 0 Å². The van der Waals surface area contributed by atoms with Gasteiger partial charge in [-0.2, -0.15) is 0 Å². The third-order valence-electron chi connectivity index (χ3n) is 3.36. The maximum absolute atomic E-state index is 12.0. The highest BCUT2D eigenvalue weighted by atomic mass is 79.9. The first-order chi connectivity index (χ1) is 12.4. The van der Waals surface area contributed by atoms with Gasteiger partial charge < -0.3 is 0 Å². The van der Waals surface area contributed by atoms with Crippen molar-refractivity contribution in [3.63, 3.8) is 0 Å². The normalized spacial score (nSPS) is 12.7. The summed E-state index contributed by atoms with van der Waals surface area (Å²) in [5.41, 5.74) is 3.94. The Morgan fingerprint density at radius 2 is 1.31 bits per heavy atom. The van der Waals surface area contributed by atoms with Crippen molar-refractivity contribution in [1.29, 1.82) is 0 Å². The van der Waals surface area contributed by atoms with Gasteiger partial charge in [0.25, 0.3) is 0 Å². The van der Waals surface area contributed by atoms with E-state index in [9.17, 15) is 4.57 Å². The van der Waals surface area contributed by atoms with Gasteiger partial charge in [0.2, 0.25) is 0 Å². The van der Waals surface area contributed by atoms with Crippen molar-refractivity contribution in [2.24, 2.45) is 10.2 Å². The Morgan fingerprint density at radius 3 is 1.69 bits per heavy atom. The van der Waals surface area contributed by atoms with E-state index >= 15 is 0 Å². The summed E-state index contributed by atoms with van der Waals surface area (Å²) in [5, 5.41) is 13.5. The van der Waals surface area contributed by atoms with Crippen molar-refractivity contribution in [2.75, 3.05) is 0 Å². The molecule has 2 aromatic carbocycles. The first-order valence-corrected chi connectivity index (χ1v) is 10.8. The van der Waals surface area contributed by atoms with Crippen LogP contribution in [-0.4, -0.2) is 11.4 Å². The molecule has 0 aliphatic rings. The molecule has 5 nitrogen and oxygen atoms in total. The van der Waals surface area contributed by atoms with E-state index in [0.29, 0.717) is 12.8 Å². The quantitative estimate of drug-likeness (QED) is 0.283. The molecule has 0 heterocycles. The standard InChI is InChI=1S/C18H20Br2N4OP/c1-13(9-15-5-3-7-17(19)11-15)21-23-26(25)24-22-14(2)10-16-6-4-8-18(20)12-16/h3-8,11-12H,9-10H2,1-2H3,(H2,23,24,25)/q+1. The monoisotopic (exact) mass is 497 g/mol. The summed E-state index contributed by atoms with van der Waals surface area (Å²) in [7, 11) is -1.95. The average molecular weight is 499 g/mol. The molecule has 2 N–H and O–H groups in total. The van der Waals surface area contributed by atoms with Crippen molar-refractivity contribution < 1.29 is 4.57 Å². The fourth-order valence-corrected chi connectivity index (χ4v) is 3.71. The van der Waals surface area contributed by atoms with Crippen LogP contribution in [-0.2, 0) is 17.4 Å². The van der Waals surface area contributed by atoms with Crippen LogP contribution < -0.4 is 10.4 Å². The maximum atomic E-state index is 12.0. The Labute approximate surface area is 171 Å². The Kier molecular flexibility index (Phi) is 8.42. The lowest BCUT2D eigenvalue weighted by molar-refractivity contribution is 0.572. The van der Waals surface area contributed by atoms with E-state index in [0.717, 1.165) is 31.5 Å². The van der Waals surface area contributed by atoms with Gasteiger partial charge in [-0.25, -0.2) is 0 Å². The molecule has 0 aromatic heterocycles. The molecule has 0 aliphatic heterocycles. The molecule has 0 spiro atoms. The molecule has 0 aliphatic carbocycles. The Bertz CT molecular complexity index is 772. The summed E-state index contributed by atoms with van der Waals surface area (Å²) < 4.78 is 14.0. The predicted molar refractivity (Wildman–Crippen MR) is 116 cm³/mol. The van der Waals surface area contributed by atoms with Crippen molar-refractivity contribution in [3.05, 3.63) is 68.6 Å². The fourth-order valence-electron chi connectivity index (χ4n) is 2.25. The predicted octanol–water partition coefficient (Wildman–Crippen LogP) is 5.59. The number of halogens is 2. The zero-order chi connectivity index (χ0) is 18.9. The lowest BCUT2D eigenvalue weighted by atomic mass is 10.1. The third kappa shape index (κ3) is 7.77. The number of benzene rings is 2. The number of hydrogen-bond donors (Lipinski definition) is 2. The number of nitrogens with zero attached hydrogens (tertiary/aromatic N) is 2. The molecule has 2 rings (SSSR count). The van der Waals surface area contributed by atoms with Crippen LogP contribution in [0.25, 0.3) is 0 Å². The molecule has 2 aromatic rings. The van der Waals surface area contributed by atoms with Crippen LogP contribution in [0.15, 0.2) is 67.7 Å². The van der Waals surface area contributed by atoms with E-state index in [-0.39, 0.29) is 0 Å². The lowest BCUT2D eigenvalue weighted by Gasteiger charge is -2.01. The number of nitrogens with one attached hydrogen (secondary N) is 2. The lowest BCUT2D eigenvalue weighted by Crippen LogP contribution is -2.10. The SMILES string of the molecule is CC(Cc1cccc(Br)c1)=NN[P+](=O)NN=C(C)Cc1cccc(Br)c1. The van der Waals surface area contributed by atoms with E-state index in [1.54, 1.807) is 0 Å². The fraction of sp³-hybridized carbons (Fsp3) is 0.222. The summed E-state index contributed by atoms with van der Waals surface area (Å²) in [6.07, 6.45) is 1.36. The highest BCUT2D eigenvalue weighted by Crippen LogP contribution is 2.14. The van der Waals surface area contributed by atoms with Gasteiger partial charge in [0.05, 0.1) is 0 Å². The summed E-state index contributed by atoms with van der Waals surface area (Å²) in [6.45, 7) is 3.78. The molecule has 0 radical (unpaired) electrons. The van der Waals surface area contributed by atoms with Crippen LogP contribution in [0.4, 0.5) is 0 Å². The van der Waals surface area contributed by atoms with E-state index in [1.165, 1.54) is 0 Å². The third-order valence-corrected chi connectivity index (χ3v) is 4.91. The van der Waals surface area contributed by atoms with Gasteiger partial charge in [-0.15, -0.1) is 10.2 Å². The largest absolute Gasteiger partial charge is 0.624 e. The summed E-state index contributed by atoms with van der Waals surface area (Å²) in [6, 6.07) is 16.0. The van der Waals surface area contributed by atoms with Gasteiger partial charge in [0.1, 0.15) is 0 Å². The van der Waals surface area contributed by atoms with E-state index < -0.39 is 8.10 Å². The second-order valence-electron chi connectivity index (χ2n) is 5.80. The Hall–Kier alpha value is -1.56. The van der Waals surface area contributed by atoms with Crippen LogP contribution in [0.3, 0.4) is 0 Å². The second-order valence-corrected chi connectivity index (χ2v) is 8.62. The minimum Gasteiger partial charge on any atom is -0.144 e. The smallest absolute Gasteiger partial charge is 0.144 e.